The van der Waals surface area contributed by atoms with Crippen LogP contribution in [-0.2, 0) is 3.79 Å². The van der Waals surface area contributed by atoms with E-state index in [1.54, 1.807) is 0 Å². The van der Waals surface area contributed by atoms with Crippen LogP contribution < -0.4 is 4.74 Å². The van der Waals surface area contributed by atoms with Crippen LogP contribution in [0.15, 0.2) is 53.0 Å². The molecule has 1 aromatic heterocycles. The number of aromatic nitrogens is 2. The monoisotopic (exact) mass is 416 g/mol. The van der Waals surface area contributed by atoms with E-state index in [1.807, 2.05) is 48.5 Å². The predicted molar refractivity (Wildman–Crippen MR) is 93.0 cm³/mol. The van der Waals surface area contributed by atoms with Crippen LogP contribution in [0.4, 0.5) is 0 Å². The molecule has 2 aromatic carbocycles. The van der Waals surface area contributed by atoms with Gasteiger partial charge in [0.2, 0.25) is 9.67 Å². The Morgan fingerprint density at radius 1 is 0.955 bits per heavy atom. The number of halogens is 4. The van der Waals surface area contributed by atoms with Gasteiger partial charge < -0.3 is 4.74 Å². The first-order valence-electron chi connectivity index (χ1n) is 6.21. The molecule has 0 N–H and O–H groups in total. The van der Waals surface area contributed by atoms with Crippen molar-refractivity contribution in [3.63, 3.8) is 0 Å². The molecule has 3 rings (SSSR count). The second kappa shape index (κ2) is 6.20. The van der Waals surface area contributed by atoms with Crippen LogP contribution in [0.5, 0.6) is 11.6 Å². The van der Waals surface area contributed by atoms with E-state index >= 15 is 0 Å². The third-order valence-electron chi connectivity index (χ3n) is 2.83. The minimum Gasteiger partial charge on any atom is -0.438 e. The van der Waals surface area contributed by atoms with Gasteiger partial charge in [-0.05, 0) is 30.3 Å². The summed E-state index contributed by atoms with van der Waals surface area (Å²) in [6.45, 7) is 0. The molecule has 0 amide bonds. The lowest BCUT2D eigenvalue weighted by Gasteiger charge is -2.13. The molecular weight excluding hydrogens is 410 g/mol. The Kier molecular flexibility index (Phi) is 4.46. The molecule has 0 saturated heterocycles. The number of para-hydroxylation sites is 1. The Morgan fingerprint density at radius 3 is 2.45 bits per heavy atom. The highest BCUT2D eigenvalue weighted by molar-refractivity contribution is 9.10. The Bertz CT molecular complexity index is 836. The van der Waals surface area contributed by atoms with E-state index in [2.05, 4.69) is 25.9 Å². The fourth-order valence-electron chi connectivity index (χ4n) is 1.89. The van der Waals surface area contributed by atoms with E-state index in [0.29, 0.717) is 17.1 Å². The lowest BCUT2D eigenvalue weighted by atomic mass is 10.2. The second-order valence-corrected chi connectivity index (χ2v) is 7.62. The maximum Gasteiger partial charge on any atom is 0.250 e. The number of alkyl halides is 3. The maximum atomic E-state index is 5.90. The molecule has 3 aromatic rings. The molecule has 0 aliphatic heterocycles. The summed E-state index contributed by atoms with van der Waals surface area (Å²) in [5.74, 6) is 1.03. The molecule has 0 aliphatic carbocycles. The van der Waals surface area contributed by atoms with Gasteiger partial charge in [0.25, 0.3) is 0 Å². The summed E-state index contributed by atoms with van der Waals surface area (Å²) >= 11 is 21.1. The van der Waals surface area contributed by atoms with Gasteiger partial charge in [0.05, 0.1) is 10.9 Å². The number of rotatable bonds is 2. The molecule has 0 spiro atoms. The molecule has 0 radical (unpaired) electrons. The fraction of sp³-hybridized carbons (Fsp3) is 0.0667. The number of fused-ring (bicyclic) bond motifs is 1. The summed E-state index contributed by atoms with van der Waals surface area (Å²) in [7, 11) is 0. The van der Waals surface area contributed by atoms with Crippen molar-refractivity contribution in [2.45, 2.75) is 3.79 Å². The van der Waals surface area contributed by atoms with Gasteiger partial charge in [-0.2, -0.15) is 4.98 Å². The summed E-state index contributed by atoms with van der Waals surface area (Å²) in [5.41, 5.74) is 0.642. The van der Waals surface area contributed by atoms with Crippen molar-refractivity contribution in [3.8, 4) is 11.6 Å². The minimum atomic E-state index is -1.72. The zero-order valence-corrected chi connectivity index (χ0v) is 14.8. The summed E-state index contributed by atoms with van der Waals surface area (Å²) in [4.78, 5) is 8.52. The smallest absolute Gasteiger partial charge is 0.250 e. The fourth-order valence-corrected chi connectivity index (χ4v) is 2.53. The quantitative estimate of drug-likeness (QED) is 0.478. The number of ether oxygens (including phenoxy) is 1. The average Bonchev–Trinajstić information content (AvgIpc) is 2.46. The molecule has 3 nitrogen and oxygen atoms in total. The second-order valence-electron chi connectivity index (χ2n) is 4.43. The minimum absolute atomic E-state index is 0.0706. The number of benzene rings is 2. The number of hydrogen-bond acceptors (Lipinski definition) is 3. The standard InChI is InChI=1S/C15H8BrCl3N2O/c16-9-4-3-5-10(8-9)22-13-11-6-1-2-7-12(11)20-14(21-13)15(17,18)19/h1-8H. The van der Waals surface area contributed by atoms with Crippen molar-refractivity contribution >= 4 is 61.6 Å². The molecule has 0 saturated carbocycles. The van der Waals surface area contributed by atoms with E-state index < -0.39 is 3.79 Å². The van der Waals surface area contributed by atoms with Gasteiger partial charge in [0, 0.05) is 4.47 Å². The van der Waals surface area contributed by atoms with Crippen LogP contribution >= 0.6 is 50.7 Å². The van der Waals surface area contributed by atoms with Crippen molar-refractivity contribution in [2.24, 2.45) is 0 Å². The summed E-state index contributed by atoms with van der Waals surface area (Å²) in [5, 5.41) is 0.737. The first kappa shape index (κ1) is 15.8. The van der Waals surface area contributed by atoms with Gasteiger partial charge >= 0.3 is 0 Å². The van der Waals surface area contributed by atoms with E-state index in [0.717, 1.165) is 9.86 Å². The van der Waals surface area contributed by atoms with Crippen LogP contribution in [-0.4, -0.2) is 9.97 Å². The lowest BCUT2D eigenvalue weighted by Crippen LogP contribution is -2.08. The Labute approximate surface area is 150 Å². The van der Waals surface area contributed by atoms with Gasteiger partial charge in [-0.25, -0.2) is 4.98 Å². The molecule has 0 fully saturated rings. The summed E-state index contributed by atoms with van der Waals surface area (Å²) in [6, 6.07) is 14.8. The van der Waals surface area contributed by atoms with E-state index in [-0.39, 0.29) is 5.82 Å². The highest BCUT2D eigenvalue weighted by Crippen LogP contribution is 2.38. The van der Waals surface area contributed by atoms with Crippen LogP contribution in [0.3, 0.4) is 0 Å². The van der Waals surface area contributed by atoms with Crippen molar-refractivity contribution in [1.82, 2.24) is 9.97 Å². The summed E-state index contributed by atoms with van der Waals surface area (Å²) < 4.78 is 5.02. The Hall–Kier alpha value is -1.07. The zero-order chi connectivity index (χ0) is 15.7. The Balaban J connectivity index is 2.14. The molecule has 1 heterocycles. The number of nitrogens with zero attached hydrogens (tertiary/aromatic N) is 2. The van der Waals surface area contributed by atoms with Crippen molar-refractivity contribution in [1.29, 1.82) is 0 Å². The highest BCUT2D eigenvalue weighted by Gasteiger charge is 2.28. The van der Waals surface area contributed by atoms with Crippen LogP contribution in [0.1, 0.15) is 5.82 Å². The van der Waals surface area contributed by atoms with E-state index in [9.17, 15) is 0 Å². The molecule has 0 bridgehead atoms. The lowest BCUT2D eigenvalue weighted by molar-refractivity contribution is 0.465. The third kappa shape index (κ3) is 3.46. The van der Waals surface area contributed by atoms with Gasteiger partial charge in [0.15, 0.2) is 5.82 Å². The van der Waals surface area contributed by atoms with E-state index in [1.165, 1.54) is 0 Å². The normalized spacial score (nSPS) is 11.6. The van der Waals surface area contributed by atoms with Gasteiger partial charge in [-0.1, -0.05) is 68.9 Å². The van der Waals surface area contributed by atoms with Gasteiger partial charge in [-0.3, -0.25) is 0 Å². The molecule has 112 valence electrons. The highest BCUT2D eigenvalue weighted by atomic mass is 79.9. The molecule has 22 heavy (non-hydrogen) atoms. The number of hydrogen-bond donors (Lipinski definition) is 0. The molecule has 0 atom stereocenters. The third-order valence-corrected chi connectivity index (χ3v) is 3.83. The van der Waals surface area contributed by atoms with Crippen LogP contribution in [0, 0.1) is 0 Å². The van der Waals surface area contributed by atoms with Gasteiger partial charge in [-0.15, -0.1) is 0 Å². The molecule has 7 heteroatoms. The van der Waals surface area contributed by atoms with Crippen LogP contribution in [0.2, 0.25) is 0 Å². The first-order valence-corrected chi connectivity index (χ1v) is 8.13. The molecule has 0 aliphatic rings. The molecule has 0 unspecified atom stereocenters. The SMILES string of the molecule is ClC(Cl)(Cl)c1nc(Oc2cccc(Br)c2)c2ccccc2n1. The first-order chi connectivity index (χ1) is 10.4. The van der Waals surface area contributed by atoms with E-state index in [4.69, 9.17) is 39.5 Å². The Morgan fingerprint density at radius 2 is 1.73 bits per heavy atom. The summed E-state index contributed by atoms with van der Waals surface area (Å²) in [6.07, 6.45) is 0. The topological polar surface area (TPSA) is 35.0 Å². The molecular formula is C15H8BrCl3N2O. The van der Waals surface area contributed by atoms with Gasteiger partial charge in [0.1, 0.15) is 5.75 Å². The zero-order valence-electron chi connectivity index (χ0n) is 10.9. The van der Waals surface area contributed by atoms with Crippen molar-refractivity contribution in [2.75, 3.05) is 0 Å². The maximum absolute atomic E-state index is 5.90. The van der Waals surface area contributed by atoms with Crippen molar-refractivity contribution in [3.05, 3.63) is 58.8 Å². The van der Waals surface area contributed by atoms with Crippen molar-refractivity contribution < 1.29 is 4.74 Å². The predicted octanol–water partition coefficient (Wildman–Crippen LogP) is 6.01. The average molecular weight is 419 g/mol. The van der Waals surface area contributed by atoms with Crippen LogP contribution in [0.25, 0.3) is 10.9 Å². The largest absolute Gasteiger partial charge is 0.438 e.